The van der Waals surface area contributed by atoms with Crippen LogP contribution >= 0.6 is 0 Å². The van der Waals surface area contributed by atoms with E-state index in [1.807, 2.05) is 41.0 Å². The number of benzene rings is 2. The first kappa shape index (κ1) is 15.6. The Hall–Kier alpha value is -2.95. The Bertz CT molecular complexity index is 1040. The van der Waals surface area contributed by atoms with Crippen LogP contribution in [0.3, 0.4) is 0 Å². The molecule has 0 unspecified atom stereocenters. The summed E-state index contributed by atoms with van der Waals surface area (Å²) in [6.07, 6.45) is 0.733. The number of ether oxygens (including phenoxy) is 3. The molecule has 3 aromatic rings. The van der Waals surface area contributed by atoms with Crippen LogP contribution in [0.5, 0.6) is 17.2 Å². The van der Waals surface area contributed by atoms with Gasteiger partial charge in [-0.25, -0.2) is 0 Å². The van der Waals surface area contributed by atoms with Crippen molar-refractivity contribution in [3.63, 3.8) is 0 Å². The molecule has 0 atom stereocenters. The predicted octanol–water partition coefficient (Wildman–Crippen LogP) is 3.25. The molecule has 1 aliphatic rings. The third-order valence-electron chi connectivity index (χ3n) is 4.79. The van der Waals surface area contributed by atoms with Gasteiger partial charge in [-0.05, 0) is 35.6 Å². The van der Waals surface area contributed by atoms with Crippen molar-refractivity contribution >= 4 is 10.8 Å². The average molecular weight is 337 g/mol. The maximum absolute atomic E-state index is 12.9. The molecule has 5 heteroatoms. The summed E-state index contributed by atoms with van der Waals surface area (Å²) in [5.41, 5.74) is 2.86. The van der Waals surface area contributed by atoms with E-state index in [9.17, 15) is 4.79 Å². The number of rotatable bonds is 3. The lowest BCUT2D eigenvalue weighted by Gasteiger charge is -2.26. The van der Waals surface area contributed by atoms with E-state index in [1.165, 1.54) is 0 Å². The molecule has 0 aliphatic carbocycles. The number of hydrogen-bond donors (Lipinski definition) is 0. The fraction of sp³-hybridized carbons (Fsp3) is 0.250. The number of aryl methyl sites for hydroxylation is 1. The van der Waals surface area contributed by atoms with Crippen LogP contribution in [0.2, 0.25) is 0 Å². The second-order valence-corrected chi connectivity index (χ2v) is 6.00. The molecule has 25 heavy (non-hydrogen) atoms. The van der Waals surface area contributed by atoms with E-state index in [-0.39, 0.29) is 5.56 Å². The lowest BCUT2D eigenvalue weighted by Crippen LogP contribution is -2.26. The van der Waals surface area contributed by atoms with Crippen LogP contribution < -0.4 is 19.8 Å². The van der Waals surface area contributed by atoms with Gasteiger partial charge in [-0.1, -0.05) is 18.2 Å². The summed E-state index contributed by atoms with van der Waals surface area (Å²) < 4.78 is 18.5. The van der Waals surface area contributed by atoms with E-state index in [2.05, 4.69) is 0 Å². The van der Waals surface area contributed by atoms with Crippen molar-refractivity contribution in [3.05, 3.63) is 52.3 Å². The zero-order valence-corrected chi connectivity index (χ0v) is 14.5. The second-order valence-electron chi connectivity index (χ2n) is 6.00. The molecule has 2 heterocycles. The molecule has 0 saturated carbocycles. The molecule has 2 aromatic carbocycles. The Kier molecular flexibility index (Phi) is 3.64. The Morgan fingerprint density at radius 2 is 1.72 bits per heavy atom. The molecule has 0 spiro atoms. The van der Waals surface area contributed by atoms with Gasteiger partial charge in [0.05, 0.1) is 27.0 Å². The van der Waals surface area contributed by atoms with Crippen molar-refractivity contribution in [1.29, 1.82) is 0 Å². The summed E-state index contributed by atoms with van der Waals surface area (Å²) in [5, 5.41) is 1.65. The zero-order valence-electron chi connectivity index (χ0n) is 14.5. The molecule has 0 saturated heterocycles. The van der Waals surface area contributed by atoms with E-state index < -0.39 is 0 Å². The van der Waals surface area contributed by atoms with E-state index >= 15 is 0 Å². The predicted molar refractivity (Wildman–Crippen MR) is 97.0 cm³/mol. The van der Waals surface area contributed by atoms with Crippen molar-refractivity contribution in [3.8, 4) is 28.5 Å². The van der Waals surface area contributed by atoms with Crippen LogP contribution in [0.25, 0.3) is 22.0 Å². The third kappa shape index (κ3) is 2.19. The molecule has 4 rings (SSSR count). The van der Waals surface area contributed by atoms with Gasteiger partial charge in [0.2, 0.25) is 5.75 Å². The second kappa shape index (κ2) is 5.84. The molecule has 1 aliphatic heterocycles. The van der Waals surface area contributed by atoms with Gasteiger partial charge < -0.3 is 18.8 Å². The fourth-order valence-electron chi connectivity index (χ4n) is 3.64. The molecular formula is C20H19NO4. The normalized spacial score (nSPS) is 12.4. The lowest BCUT2D eigenvalue weighted by atomic mass is 9.94. The van der Waals surface area contributed by atoms with Gasteiger partial charge in [0.1, 0.15) is 0 Å². The number of fused-ring (bicyclic) bond motifs is 4. The minimum absolute atomic E-state index is 0.0237. The summed E-state index contributed by atoms with van der Waals surface area (Å²) >= 11 is 0. The summed E-state index contributed by atoms with van der Waals surface area (Å²) in [6, 6.07) is 11.7. The molecule has 0 radical (unpaired) electrons. The van der Waals surface area contributed by atoms with Crippen molar-refractivity contribution in [1.82, 2.24) is 4.57 Å². The van der Waals surface area contributed by atoms with Crippen LogP contribution in [0.1, 0.15) is 5.56 Å². The Morgan fingerprint density at radius 1 is 0.960 bits per heavy atom. The third-order valence-corrected chi connectivity index (χ3v) is 4.79. The highest BCUT2D eigenvalue weighted by Gasteiger charge is 2.27. The largest absolute Gasteiger partial charge is 0.493 e. The van der Waals surface area contributed by atoms with Crippen LogP contribution in [0, 0.1) is 0 Å². The van der Waals surface area contributed by atoms with Gasteiger partial charge in [-0.2, -0.15) is 0 Å². The van der Waals surface area contributed by atoms with E-state index in [1.54, 1.807) is 21.3 Å². The number of hydrogen-bond acceptors (Lipinski definition) is 4. The Balaban J connectivity index is 2.11. The monoisotopic (exact) mass is 337 g/mol. The topological polar surface area (TPSA) is 49.7 Å². The van der Waals surface area contributed by atoms with Crippen LogP contribution in [0.15, 0.2) is 41.2 Å². The van der Waals surface area contributed by atoms with Gasteiger partial charge in [-0.15, -0.1) is 0 Å². The van der Waals surface area contributed by atoms with Crippen molar-refractivity contribution in [2.75, 3.05) is 21.3 Å². The SMILES string of the molecule is COc1cc2c(c(OC)c1OC)-c1cc3ccccc3c(=O)n1CC2. The maximum atomic E-state index is 12.9. The molecular weight excluding hydrogens is 318 g/mol. The molecule has 0 N–H and O–H groups in total. The van der Waals surface area contributed by atoms with Gasteiger partial charge in [-0.3, -0.25) is 4.79 Å². The Labute approximate surface area is 145 Å². The van der Waals surface area contributed by atoms with Crippen molar-refractivity contribution in [2.24, 2.45) is 0 Å². The first-order valence-corrected chi connectivity index (χ1v) is 8.14. The highest BCUT2D eigenvalue weighted by molar-refractivity contribution is 5.88. The first-order chi connectivity index (χ1) is 12.2. The minimum Gasteiger partial charge on any atom is -0.493 e. The quantitative estimate of drug-likeness (QED) is 0.736. The van der Waals surface area contributed by atoms with Gasteiger partial charge in [0, 0.05) is 17.5 Å². The summed E-state index contributed by atoms with van der Waals surface area (Å²) in [7, 11) is 4.80. The van der Waals surface area contributed by atoms with Crippen LogP contribution in [-0.4, -0.2) is 25.9 Å². The van der Waals surface area contributed by atoms with Crippen molar-refractivity contribution < 1.29 is 14.2 Å². The van der Waals surface area contributed by atoms with E-state index in [4.69, 9.17) is 14.2 Å². The molecule has 128 valence electrons. The smallest absolute Gasteiger partial charge is 0.258 e. The summed E-state index contributed by atoms with van der Waals surface area (Å²) in [6.45, 7) is 0.630. The Morgan fingerprint density at radius 3 is 2.44 bits per heavy atom. The molecule has 0 amide bonds. The molecule has 0 fully saturated rings. The van der Waals surface area contributed by atoms with E-state index in [0.717, 1.165) is 34.0 Å². The van der Waals surface area contributed by atoms with E-state index in [0.29, 0.717) is 23.8 Å². The fourth-order valence-corrected chi connectivity index (χ4v) is 3.64. The zero-order chi connectivity index (χ0) is 17.6. The van der Waals surface area contributed by atoms with Crippen molar-refractivity contribution in [2.45, 2.75) is 13.0 Å². The van der Waals surface area contributed by atoms with Gasteiger partial charge in [0.25, 0.3) is 5.56 Å². The number of nitrogens with zero attached hydrogens (tertiary/aromatic N) is 1. The number of aromatic nitrogens is 1. The number of methoxy groups -OCH3 is 3. The number of pyridine rings is 1. The van der Waals surface area contributed by atoms with Crippen LogP contribution in [-0.2, 0) is 13.0 Å². The molecule has 5 nitrogen and oxygen atoms in total. The highest BCUT2D eigenvalue weighted by atomic mass is 16.5. The minimum atomic E-state index is 0.0237. The maximum Gasteiger partial charge on any atom is 0.258 e. The average Bonchev–Trinajstić information content (AvgIpc) is 2.66. The summed E-state index contributed by atoms with van der Waals surface area (Å²) in [5.74, 6) is 1.77. The standard InChI is InChI=1S/C20H19NO4/c1-23-16-11-13-8-9-21-15(17(13)19(25-3)18(16)24-2)10-12-6-4-5-7-14(12)20(21)22/h4-7,10-11H,8-9H2,1-3H3. The highest BCUT2D eigenvalue weighted by Crippen LogP contribution is 2.48. The van der Waals surface area contributed by atoms with Gasteiger partial charge in [0.15, 0.2) is 11.5 Å². The molecule has 1 aromatic heterocycles. The van der Waals surface area contributed by atoms with Crippen LogP contribution in [0.4, 0.5) is 0 Å². The lowest BCUT2D eigenvalue weighted by molar-refractivity contribution is 0.324. The summed E-state index contributed by atoms with van der Waals surface area (Å²) in [4.78, 5) is 12.9. The van der Waals surface area contributed by atoms with Gasteiger partial charge >= 0.3 is 0 Å². The first-order valence-electron chi connectivity index (χ1n) is 8.14. The molecule has 0 bridgehead atoms.